The van der Waals surface area contributed by atoms with Gasteiger partial charge in [-0.3, -0.25) is 4.90 Å². The Bertz CT molecular complexity index is 115. The highest BCUT2D eigenvalue weighted by Crippen LogP contribution is 1.92. The van der Waals surface area contributed by atoms with E-state index in [1.807, 2.05) is 12.1 Å². The van der Waals surface area contributed by atoms with Crippen LogP contribution in [0, 0.1) is 0 Å². The summed E-state index contributed by atoms with van der Waals surface area (Å²) in [7, 11) is 3.67. The van der Waals surface area contributed by atoms with Gasteiger partial charge in [0.2, 0.25) is 0 Å². The summed E-state index contributed by atoms with van der Waals surface area (Å²) in [6.07, 6.45) is 0. The third-order valence-electron chi connectivity index (χ3n) is 2.25. The predicted molar refractivity (Wildman–Crippen MR) is 48.9 cm³/mol. The Morgan fingerprint density at radius 3 is 2.67 bits per heavy atom. The number of likely N-dealkylation sites (N-methyl/N-ethyl adjacent to an activating group) is 1. The van der Waals surface area contributed by atoms with Gasteiger partial charge in [-0.1, -0.05) is 0 Å². The molecule has 0 aromatic carbocycles. The fourth-order valence-electron chi connectivity index (χ4n) is 1.31. The van der Waals surface area contributed by atoms with Gasteiger partial charge >= 0.3 is 0 Å². The van der Waals surface area contributed by atoms with Gasteiger partial charge < -0.3 is 10.2 Å². The largest absolute Gasteiger partial charge is 0.314 e. The smallest absolute Gasteiger partial charge is 0.0575 e. The van der Waals surface area contributed by atoms with Crippen LogP contribution in [0.4, 0.5) is 0 Å². The molecule has 0 saturated carbocycles. The van der Waals surface area contributed by atoms with Crippen LogP contribution >= 0.6 is 0 Å². The molecule has 1 aliphatic heterocycles. The maximum Gasteiger partial charge on any atom is 0.0575 e. The molecule has 0 unspecified atom stereocenters. The molecule has 1 fully saturated rings. The molecule has 0 aromatic heterocycles. The molecule has 1 aliphatic rings. The van der Waals surface area contributed by atoms with E-state index in [2.05, 4.69) is 10.2 Å². The molecule has 1 heterocycles. The number of hydroxylamine groups is 2. The fourth-order valence-corrected chi connectivity index (χ4v) is 1.31. The number of nitrogens with one attached hydrogen (secondary N) is 1. The first kappa shape index (κ1) is 9.92. The molecule has 0 aliphatic carbocycles. The number of hydrogen-bond acceptors (Lipinski definition) is 4. The highest BCUT2D eigenvalue weighted by atomic mass is 16.7. The van der Waals surface area contributed by atoms with Crippen molar-refractivity contribution in [3.8, 4) is 0 Å². The van der Waals surface area contributed by atoms with Crippen LogP contribution in [0.5, 0.6) is 0 Å². The van der Waals surface area contributed by atoms with Crippen LogP contribution in [0.15, 0.2) is 0 Å². The highest BCUT2D eigenvalue weighted by molar-refractivity contribution is 4.67. The molecule has 1 rings (SSSR count). The molecule has 72 valence electrons. The minimum Gasteiger partial charge on any atom is -0.314 e. The van der Waals surface area contributed by atoms with Crippen molar-refractivity contribution >= 4 is 0 Å². The normalized spacial score (nSPS) is 20.2. The SMILES string of the molecule is CON(C)CCN1CCNCC1. The van der Waals surface area contributed by atoms with Crippen LogP contribution in [0.25, 0.3) is 0 Å². The lowest BCUT2D eigenvalue weighted by atomic mass is 10.3. The molecule has 0 radical (unpaired) electrons. The second-order valence-corrected chi connectivity index (χ2v) is 3.13. The molecule has 1 saturated heterocycles. The Hall–Kier alpha value is -0.160. The first-order chi connectivity index (χ1) is 5.83. The standard InChI is InChI=1S/C8H19N3O/c1-10(12-2)7-8-11-5-3-9-4-6-11/h9H,3-8H2,1-2H3. The van der Waals surface area contributed by atoms with Crippen LogP contribution in [0.2, 0.25) is 0 Å². The van der Waals surface area contributed by atoms with Gasteiger partial charge in [0.25, 0.3) is 0 Å². The molecule has 12 heavy (non-hydrogen) atoms. The molecule has 0 amide bonds. The Kier molecular flexibility index (Phi) is 4.53. The highest BCUT2D eigenvalue weighted by Gasteiger charge is 2.09. The topological polar surface area (TPSA) is 27.7 Å². The van der Waals surface area contributed by atoms with E-state index in [4.69, 9.17) is 4.84 Å². The molecule has 4 heteroatoms. The quantitative estimate of drug-likeness (QED) is 0.574. The van der Waals surface area contributed by atoms with Crippen molar-refractivity contribution in [1.82, 2.24) is 15.3 Å². The molecule has 0 aromatic rings. The third-order valence-corrected chi connectivity index (χ3v) is 2.25. The van der Waals surface area contributed by atoms with E-state index < -0.39 is 0 Å². The van der Waals surface area contributed by atoms with E-state index in [0.29, 0.717) is 0 Å². The summed E-state index contributed by atoms with van der Waals surface area (Å²) in [4.78, 5) is 7.48. The van der Waals surface area contributed by atoms with E-state index >= 15 is 0 Å². The maximum absolute atomic E-state index is 5.03. The minimum absolute atomic E-state index is 0.983. The van der Waals surface area contributed by atoms with E-state index in [1.165, 1.54) is 0 Å². The van der Waals surface area contributed by atoms with Gasteiger partial charge in [0, 0.05) is 46.3 Å². The van der Waals surface area contributed by atoms with Crippen molar-refractivity contribution in [2.45, 2.75) is 0 Å². The third kappa shape index (κ3) is 3.49. The Labute approximate surface area is 74.4 Å². The Morgan fingerprint density at radius 2 is 2.08 bits per heavy atom. The second kappa shape index (κ2) is 5.48. The molecule has 0 bridgehead atoms. The fraction of sp³-hybridized carbons (Fsp3) is 1.00. The summed E-state index contributed by atoms with van der Waals surface area (Å²) < 4.78 is 0. The molecular weight excluding hydrogens is 154 g/mol. The van der Waals surface area contributed by atoms with Gasteiger partial charge in [0.1, 0.15) is 0 Å². The second-order valence-electron chi connectivity index (χ2n) is 3.13. The van der Waals surface area contributed by atoms with Crippen LogP contribution in [-0.2, 0) is 4.84 Å². The summed E-state index contributed by atoms with van der Waals surface area (Å²) in [6.45, 7) is 6.66. The van der Waals surface area contributed by atoms with Crippen LogP contribution in [0.1, 0.15) is 0 Å². The number of nitrogens with zero attached hydrogens (tertiary/aromatic N) is 2. The number of piperazine rings is 1. The van der Waals surface area contributed by atoms with Crippen LogP contribution in [0.3, 0.4) is 0 Å². The summed E-state index contributed by atoms with van der Waals surface area (Å²) >= 11 is 0. The van der Waals surface area contributed by atoms with Gasteiger partial charge in [-0.15, -0.1) is 0 Å². The zero-order valence-electron chi connectivity index (χ0n) is 8.05. The van der Waals surface area contributed by atoms with E-state index in [1.54, 1.807) is 7.11 Å². The van der Waals surface area contributed by atoms with Crippen molar-refractivity contribution in [3.63, 3.8) is 0 Å². The van der Waals surface area contributed by atoms with Crippen molar-refractivity contribution in [3.05, 3.63) is 0 Å². The van der Waals surface area contributed by atoms with E-state index in [-0.39, 0.29) is 0 Å². The molecule has 4 nitrogen and oxygen atoms in total. The lowest BCUT2D eigenvalue weighted by Gasteiger charge is -2.28. The average molecular weight is 173 g/mol. The Morgan fingerprint density at radius 1 is 1.42 bits per heavy atom. The zero-order chi connectivity index (χ0) is 8.81. The van der Waals surface area contributed by atoms with Gasteiger partial charge in [-0.25, -0.2) is 0 Å². The molecule has 1 N–H and O–H groups in total. The van der Waals surface area contributed by atoms with E-state index in [9.17, 15) is 0 Å². The summed E-state index contributed by atoms with van der Waals surface area (Å²) in [6, 6.07) is 0. The summed E-state index contributed by atoms with van der Waals surface area (Å²) in [5.41, 5.74) is 0. The zero-order valence-corrected chi connectivity index (χ0v) is 8.05. The lowest BCUT2D eigenvalue weighted by Crippen LogP contribution is -2.45. The summed E-state index contributed by atoms with van der Waals surface area (Å²) in [5, 5.41) is 5.19. The monoisotopic (exact) mass is 173 g/mol. The van der Waals surface area contributed by atoms with Gasteiger partial charge in [-0.2, -0.15) is 5.06 Å². The van der Waals surface area contributed by atoms with Crippen molar-refractivity contribution in [2.75, 3.05) is 53.4 Å². The average Bonchev–Trinajstić information content (AvgIpc) is 2.16. The maximum atomic E-state index is 5.03. The first-order valence-corrected chi connectivity index (χ1v) is 4.51. The van der Waals surface area contributed by atoms with Gasteiger partial charge in [0.05, 0.1) is 7.11 Å². The predicted octanol–water partition coefficient (Wildman–Crippen LogP) is -0.615. The van der Waals surface area contributed by atoms with Crippen molar-refractivity contribution in [1.29, 1.82) is 0 Å². The minimum atomic E-state index is 0.983. The summed E-state index contributed by atoms with van der Waals surface area (Å²) in [5.74, 6) is 0. The van der Waals surface area contributed by atoms with Crippen molar-refractivity contribution < 1.29 is 4.84 Å². The molecule has 0 spiro atoms. The van der Waals surface area contributed by atoms with Crippen molar-refractivity contribution in [2.24, 2.45) is 0 Å². The molecule has 0 atom stereocenters. The van der Waals surface area contributed by atoms with Crippen LogP contribution in [-0.4, -0.2) is 63.4 Å². The first-order valence-electron chi connectivity index (χ1n) is 4.51. The van der Waals surface area contributed by atoms with Crippen LogP contribution < -0.4 is 5.32 Å². The lowest BCUT2D eigenvalue weighted by molar-refractivity contribution is -0.112. The van der Waals surface area contributed by atoms with Gasteiger partial charge in [-0.05, 0) is 0 Å². The number of hydrogen-bond donors (Lipinski definition) is 1. The Balaban J connectivity index is 2.05. The molecular formula is C8H19N3O. The van der Waals surface area contributed by atoms with Gasteiger partial charge in [0.15, 0.2) is 0 Å². The van der Waals surface area contributed by atoms with E-state index in [0.717, 1.165) is 39.3 Å². The number of rotatable bonds is 4.